The summed E-state index contributed by atoms with van der Waals surface area (Å²) in [5.74, 6) is -0.00471. The number of anilines is 1. The number of nitrogens with one attached hydrogen (secondary N) is 1. The summed E-state index contributed by atoms with van der Waals surface area (Å²) in [5, 5.41) is 2.90. The van der Waals surface area contributed by atoms with Crippen LogP contribution in [-0.2, 0) is 11.0 Å². The molecule has 112 valence electrons. The van der Waals surface area contributed by atoms with Crippen LogP contribution in [0.1, 0.15) is 18.4 Å². The molecule has 3 nitrogen and oxygen atoms in total. The summed E-state index contributed by atoms with van der Waals surface area (Å²) in [6.07, 6.45) is -3.45. The van der Waals surface area contributed by atoms with E-state index in [2.05, 4.69) is 21.2 Å². The first-order valence-corrected chi connectivity index (χ1v) is 6.82. The summed E-state index contributed by atoms with van der Waals surface area (Å²) in [6, 6.07) is 3.43. The Morgan fingerprint density at radius 3 is 2.55 bits per heavy atom. The average Bonchev–Trinajstić information content (AvgIpc) is 2.34. The second-order valence-corrected chi connectivity index (χ2v) is 5.37. The number of hydrogen-bond acceptors (Lipinski definition) is 2. The molecule has 0 heterocycles. The third kappa shape index (κ3) is 5.03. The molecule has 0 radical (unpaired) electrons. The van der Waals surface area contributed by atoms with E-state index in [1.165, 1.54) is 11.0 Å². The maximum absolute atomic E-state index is 12.6. The van der Waals surface area contributed by atoms with E-state index >= 15 is 0 Å². The van der Waals surface area contributed by atoms with Crippen molar-refractivity contribution in [2.75, 3.05) is 26.0 Å². The molecule has 0 aliphatic rings. The lowest BCUT2D eigenvalue weighted by atomic mass is 10.2. The minimum atomic E-state index is -4.36. The lowest BCUT2D eigenvalue weighted by molar-refractivity contribution is -0.137. The SMILES string of the molecule is CN(C)C(=O)CCCNc1cc(C(F)(F)F)ccc1Br. The van der Waals surface area contributed by atoms with Gasteiger partial charge in [-0.1, -0.05) is 0 Å². The molecule has 7 heteroatoms. The molecule has 0 atom stereocenters. The third-order valence-electron chi connectivity index (χ3n) is 2.68. The van der Waals surface area contributed by atoms with E-state index in [-0.39, 0.29) is 5.91 Å². The highest BCUT2D eigenvalue weighted by Crippen LogP contribution is 2.33. The lowest BCUT2D eigenvalue weighted by Gasteiger charge is -2.13. The molecule has 0 saturated heterocycles. The molecular formula is C13H16BrF3N2O. The summed E-state index contributed by atoms with van der Waals surface area (Å²) in [4.78, 5) is 12.8. The van der Waals surface area contributed by atoms with Gasteiger partial charge < -0.3 is 10.2 Å². The van der Waals surface area contributed by atoms with Crippen molar-refractivity contribution in [3.8, 4) is 0 Å². The number of hydrogen-bond donors (Lipinski definition) is 1. The molecule has 1 amide bonds. The number of rotatable bonds is 5. The minimum Gasteiger partial charge on any atom is -0.384 e. The Morgan fingerprint density at radius 2 is 2.00 bits per heavy atom. The van der Waals surface area contributed by atoms with Gasteiger partial charge in [0.25, 0.3) is 0 Å². The Bertz CT molecular complexity index is 475. The molecule has 20 heavy (non-hydrogen) atoms. The molecule has 1 aromatic carbocycles. The van der Waals surface area contributed by atoms with Gasteiger partial charge in [0.15, 0.2) is 0 Å². The van der Waals surface area contributed by atoms with E-state index in [4.69, 9.17) is 0 Å². The zero-order valence-corrected chi connectivity index (χ0v) is 12.8. The van der Waals surface area contributed by atoms with Gasteiger partial charge in [-0.2, -0.15) is 13.2 Å². The molecule has 1 rings (SSSR count). The van der Waals surface area contributed by atoms with Crippen molar-refractivity contribution >= 4 is 27.5 Å². The van der Waals surface area contributed by atoms with E-state index in [9.17, 15) is 18.0 Å². The fourth-order valence-corrected chi connectivity index (χ4v) is 1.91. The van der Waals surface area contributed by atoms with Crippen LogP contribution in [0.3, 0.4) is 0 Å². The second kappa shape index (κ2) is 6.97. The smallest absolute Gasteiger partial charge is 0.384 e. The second-order valence-electron chi connectivity index (χ2n) is 4.51. The van der Waals surface area contributed by atoms with Gasteiger partial charge in [0.05, 0.1) is 5.56 Å². The van der Waals surface area contributed by atoms with Crippen LogP contribution in [0.4, 0.5) is 18.9 Å². The quantitative estimate of drug-likeness (QED) is 0.818. The number of nitrogens with zero attached hydrogens (tertiary/aromatic N) is 1. The maximum Gasteiger partial charge on any atom is 0.416 e. The van der Waals surface area contributed by atoms with Crippen molar-refractivity contribution in [2.45, 2.75) is 19.0 Å². The molecule has 0 bridgehead atoms. The fraction of sp³-hybridized carbons (Fsp3) is 0.462. The van der Waals surface area contributed by atoms with Crippen molar-refractivity contribution in [3.63, 3.8) is 0 Å². The standard InChI is InChI=1S/C13H16BrF3N2O/c1-19(2)12(20)4-3-7-18-11-8-9(13(15,16)17)5-6-10(11)14/h5-6,8,18H,3-4,7H2,1-2H3. The number of carbonyl (C=O) groups is 1. The van der Waals surface area contributed by atoms with Crippen molar-refractivity contribution in [1.29, 1.82) is 0 Å². The predicted molar refractivity (Wildman–Crippen MR) is 75.6 cm³/mol. The van der Waals surface area contributed by atoms with Gasteiger partial charge >= 0.3 is 6.18 Å². The Morgan fingerprint density at radius 1 is 1.35 bits per heavy atom. The summed E-state index contributed by atoms with van der Waals surface area (Å²) < 4.78 is 38.3. The lowest BCUT2D eigenvalue weighted by Crippen LogP contribution is -2.22. The highest BCUT2D eigenvalue weighted by molar-refractivity contribution is 9.10. The number of benzene rings is 1. The molecular weight excluding hydrogens is 337 g/mol. The van der Waals surface area contributed by atoms with Crippen LogP contribution in [0.25, 0.3) is 0 Å². The number of amides is 1. The fourth-order valence-electron chi connectivity index (χ4n) is 1.52. The topological polar surface area (TPSA) is 32.3 Å². The predicted octanol–water partition coefficient (Wildman–Crippen LogP) is 3.75. The van der Waals surface area contributed by atoms with E-state index in [0.717, 1.165) is 12.1 Å². The van der Waals surface area contributed by atoms with E-state index in [0.29, 0.717) is 29.5 Å². The van der Waals surface area contributed by atoms with Gasteiger partial charge in [-0.05, 0) is 40.5 Å². The molecule has 0 aromatic heterocycles. The van der Waals surface area contributed by atoms with Crippen LogP contribution >= 0.6 is 15.9 Å². The van der Waals surface area contributed by atoms with Crippen molar-refractivity contribution in [1.82, 2.24) is 4.90 Å². The first-order valence-electron chi connectivity index (χ1n) is 6.02. The molecule has 1 N–H and O–H groups in total. The van der Waals surface area contributed by atoms with E-state index in [1.807, 2.05) is 0 Å². The Kier molecular flexibility index (Phi) is 5.86. The summed E-state index contributed by atoms with van der Waals surface area (Å²) >= 11 is 3.20. The van der Waals surface area contributed by atoms with Crippen molar-refractivity contribution in [3.05, 3.63) is 28.2 Å². The highest BCUT2D eigenvalue weighted by atomic mass is 79.9. The zero-order chi connectivity index (χ0) is 15.3. The number of carbonyl (C=O) groups excluding carboxylic acids is 1. The molecule has 0 saturated carbocycles. The molecule has 0 aliphatic heterocycles. The van der Waals surface area contributed by atoms with Crippen LogP contribution in [-0.4, -0.2) is 31.4 Å². The third-order valence-corrected chi connectivity index (χ3v) is 3.37. The molecule has 0 fully saturated rings. The highest BCUT2D eigenvalue weighted by Gasteiger charge is 2.30. The average molecular weight is 353 g/mol. The van der Waals surface area contributed by atoms with Crippen molar-refractivity contribution in [2.24, 2.45) is 0 Å². The van der Waals surface area contributed by atoms with Crippen LogP contribution in [0.5, 0.6) is 0 Å². The number of halogens is 4. The summed E-state index contributed by atoms with van der Waals surface area (Å²) in [6.45, 7) is 0.430. The van der Waals surface area contributed by atoms with E-state index in [1.54, 1.807) is 14.1 Å². The molecule has 1 aromatic rings. The van der Waals surface area contributed by atoms with Gasteiger partial charge in [-0.3, -0.25) is 4.79 Å². The normalized spacial score (nSPS) is 11.3. The van der Waals surface area contributed by atoms with Gasteiger partial charge in [0.1, 0.15) is 0 Å². The van der Waals surface area contributed by atoms with Crippen LogP contribution < -0.4 is 5.32 Å². The molecule has 0 spiro atoms. The summed E-state index contributed by atoms with van der Waals surface area (Å²) in [5.41, 5.74) is -0.329. The Labute approximate surface area is 124 Å². The van der Waals surface area contributed by atoms with Crippen molar-refractivity contribution < 1.29 is 18.0 Å². The van der Waals surface area contributed by atoms with Crippen LogP contribution in [0.2, 0.25) is 0 Å². The monoisotopic (exact) mass is 352 g/mol. The first-order chi connectivity index (χ1) is 9.21. The maximum atomic E-state index is 12.6. The first kappa shape index (κ1) is 16.8. The Balaban J connectivity index is 2.58. The van der Waals surface area contributed by atoms with Gasteiger partial charge in [-0.15, -0.1) is 0 Å². The Hall–Kier alpha value is -1.24. The largest absolute Gasteiger partial charge is 0.416 e. The van der Waals surface area contributed by atoms with Gasteiger partial charge in [0, 0.05) is 37.2 Å². The molecule has 0 aliphatic carbocycles. The molecule has 0 unspecified atom stereocenters. The van der Waals surface area contributed by atoms with Crippen LogP contribution in [0.15, 0.2) is 22.7 Å². The zero-order valence-electron chi connectivity index (χ0n) is 11.2. The minimum absolute atomic E-state index is 0.00471. The van der Waals surface area contributed by atoms with Gasteiger partial charge in [-0.25, -0.2) is 0 Å². The summed E-state index contributed by atoms with van der Waals surface area (Å²) in [7, 11) is 3.33. The number of alkyl halides is 3. The van der Waals surface area contributed by atoms with Crippen LogP contribution in [0, 0.1) is 0 Å². The van der Waals surface area contributed by atoms with Gasteiger partial charge in [0.2, 0.25) is 5.91 Å². The van der Waals surface area contributed by atoms with E-state index < -0.39 is 11.7 Å².